The minimum absolute atomic E-state index is 0.153. The molecule has 0 bridgehead atoms. The summed E-state index contributed by atoms with van der Waals surface area (Å²) in [6.07, 6.45) is 2.60. The number of alkyl halides is 2. The van der Waals surface area contributed by atoms with Crippen LogP contribution < -0.4 is 10.1 Å². The van der Waals surface area contributed by atoms with E-state index in [2.05, 4.69) is 16.1 Å². The molecule has 0 aliphatic heterocycles. The van der Waals surface area contributed by atoms with Gasteiger partial charge in [0.2, 0.25) is 0 Å². The molecule has 1 aromatic carbocycles. The van der Waals surface area contributed by atoms with Crippen LogP contribution in [0, 0.1) is 16.7 Å². The van der Waals surface area contributed by atoms with Crippen molar-refractivity contribution in [2.75, 3.05) is 11.9 Å². The van der Waals surface area contributed by atoms with E-state index in [-0.39, 0.29) is 11.2 Å². The summed E-state index contributed by atoms with van der Waals surface area (Å²) in [5.74, 6) is 0.153. The molecule has 110 valence electrons. The van der Waals surface area contributed by atoms with Gasteiger partial charge >= 0.3 is 6.61 Å². The SMILES string of the molecule is CC(C)(C#N)CCCCNc1ccccc1OC(F)F. The highest BCUT2D eigenvalue weighted by Gasteiger charge is 2.15. The average molecular weight is 282 g/mol. The summed E-state index contributed by atoms with van der Waals surface area (Å²) in [7, 11) is 0. The second-order valence-electron chi connectivity index (χ2n) is 5.25. The number of nitrogens with one attached hydrogen (secondary N) is 1. The molecule has 5 heteroatoms. The van der Waals surface area contributed by atoms with Crippen molar-refractivity contribution in [1.82, 2.24) is 0 Å². The Morgan fingerprint density at radius 2 is 2.00 bits per heavy atom. The van der Waals surface area contributed by atoms with Gasteiger partial charge in [0.05, 0.1) is 17.2 Å². The van der Waals surface area contributed by atoms with Gasteiger partial charge in [-0.25, -0.2) is 0 Å². The minimum atomic E-state index is -2.82. The topological polar surface area (TPSA) is 45.0 Å². The number of hydrogen-bond donors (Lipinski definition) is 1. The fraction of sp³-hybridized carbons (Fsp3) is 0.533. The summed E-state index contributed by atoms with van der Waals surface area (Å²) in [4.78, 5) is 0. The number of benzene rings is 1. The van der Waals surface area contributed by atoms with Crippen molar-refractivity contribution >= 4 is 5.69 Å². The molecule has 0 radical (unpaired) electrons. The Kier molecular flexibility index (Phi) is 6.23. The Morgan fingerprint density at radius 3 is 2.65 bits per heavy atom. The van der Waals surface area contributed by atoms with Gasteiger partial charge in [-0.3, -0.25) is 0 Å². The van der Waals surface area contributed by atoms with Crippen LogP contribution in [-0.2, 0) is 0 Å². The van der Waals surface area contributed by atoms with E-state index in [1.807, 2.05) is 13.8 Å². The van der Waals surface area contributed by atoms with Gasteiger partial charge in [-0.15, -0.1) is 0 Å². The van der Waals surface area contributed by atoms with Gasteiger partial charge in [0.15, 0.2) is 0 Å². The molecule has 1 N–H and O–H groups in total. The number of anilines is 1. The second kappa shape index (κ2) is 7.68. The second-order valence-corrected chi connectivity index (χ2v) is 5.25. The first kappa shape index (κ1) is 16.2. The summed E-state index contributed by atoms with van der Waals surface area (Å²) >= 11 is 0. The van der Waals surface area contributed by atoms with Crippen molar-refractivity contribution in [2.24, 2.45) is 5.41 Å². The van der Waals surface area contributed by atoms with Crippen LogP contribution in [0.25, 0.3) is 0 Å². The molecule has 0 fully saturated rings. The van der Waals surface area contributed by atoms with Gasteiger partial charge in [0.25, 0.3) is 0 Å². The van der Waals surface area contributed by atoms with Crippen LogP contribution in [0.4, 0.5) is 14.5 Å². The van der Waals surface area contributed by atoms with E-state index in [0.717, 1.165) is 19.3 Å². The number of rotatable bonds is 8. The number of hydrogen-bond acceptors (Lipinski definition) is 3. The molecule has 0 unspecified atom stereocenters. The molecule has 20 heavy (non-hydrogen) atoms. The lowest BCUT2D eigenvalue weighted by Crippen LogP contribution is -2.10. The molecule has 0 aromatic heterocycles. The molecule has 1 aromatic rings. The summed E-state index contributed by atoms with van der Waals surface area (Å²) in [5.41, 5.74) is 0.254. The first-order valence-electron chi connectivity index (χ1n) is 6.63. The molecule has 1 rings (SSSR count). The zero-order valence-corrected chi connectivity index (χ0v) is 11.8. The van der Waals surface area contributed by atoms with Crippen LogP contribution >= 0.6 is 0 Å². The zero-order valence-electron chi connectivity index (χ0n) is 11.8. The summed E-state index contributed by atoms with van der Waals surface area (Å²) < 4.78 is 28.9. The lowest BCUT2D eigenvalue weighted by atomic mass is 9.89. The average Bonchev–Trinajstić information content (AvgIpc) is 2.39. The van der Waals surface area contributed by atoms with Crippen molar-refractivity contribution in [3.63, 3.8) is 0 Å². The van der Waals surface area contributed by atoms with Crippen LogP contribution in [0.15, 0.2) is 24.3 Å². The molecule has 0 saturated heterocycles. The van der Waals surface area contributed by atoms with Crippen LogP contribution in [0.3, 0.4) is 0 Å². The highest BCUT2D eigenvalue weighted by Crippen LogP contribution is 2.26. The maximum absolute atomic E-state index is 12.2. The number of nitriles is 1. The highest BCUT2D eigenvalue weighted by molar-refractivity contribution is 5.56. The Balaban J connectivity index is 2.37. The third kappa shape index (κ3) is 5.87. The van der Waals surface area contributed by atoms with E-state index in [1.165, 1.54) is 6.07 Å². The molecule has 3 nitrogen and oxygen atoms in total. The Hall–Kier alpha value is -1.83. The maximum Gasteiger partial charge on any atom is 0.387 e. The molecule has 0 amide bonds. The highest BCUT2D eigenvalue weighted by atomic mass is 19.3. The number of para-hydroxylation sites is 2. The van der Waals surface area contributed by atoms with E-state index in [4.69, 9.17) is 5.26 Å². The van der Waals surface area contributed by atoms with E-state index < -0.39 is 6.61 Å². The fourth-order valence-corrected chi connectivity index (χ4v) is 1.78. The maximum atomic E-state index is 12.2. The van der Waals surface area contributed by atoms with Crippen LogP contribution in [0.2, 0.25) is 0 Å². The lowest BCUT2D eigenvalue weighted by Gasteiger charge is -2.15. The summed E-state index contributed by atoms with van der Waals surface area (Å²) in [6, 6.07) is 8.88. The van der Waals surface area contributed by atoms with Crippen LogP contribution in [0.1, 0.15) is 33.1 Å². The molecular formula is C15H20F2N2O. The van der Waals surface area contributed by atoms with Crippen molar-refractivity contribution in [2.45, 2.75) is 39.7 Å². The first-order valence-corrected chi connectivity index (χ1v) is 6.63. The molecule has 0 heterocycles. The molecule has 0 saturated carbocycles. The quantitative estimate of drug-likeness (QED) is 0.718. The van der Waals surface area contributed by atoms with Gasteiger partial charge in [0.1, 0.15) is 5.75 Å². The van der Waals surface area contributed by atoms with E-state index >= 15 is 0 Å². The van der Waals surface area contributed by atoms with Crippen LogP contribution in [-0.4, -0.2) is 13.2 Å². The van der Waals surface area contributed by atoms with E-state index in [1.54, 1.807) is 18.2 Å². The van der Waals surface area contributed by atoms with Crippen molar-refractivity contribution in [3.05, 3.63) is 24.3 Å². The Bertz CT molecular complexity index is 455. The first-order chi connectivity index (χ1) is 9.44. The van der Waals surface area contributed by atoms with Crippen molar-refractivity contribution in [1.29, 1.82) is 5.26 Å². The van der Waals surface area contributed by atoms with Gasteiger partial charge in [-0.05, 0) is 38.8 Å². The number of unbranched alkanes of at least 4 members (excludes halogenated alkanes) is 1. The standard InChI is InChI=1S/C15H20F2N2O/c1-15(2,11-18)9-5-6-10-19-12-7-3-4-8-13(12)20-14(16)17/h3-4,7-8,14,19H,5-6,9-10H2,1-2H3. The largest absolute Gasteiger partial charge is 0.433 e. The lowest BCUT2D eigenvalue weighted by molar-refractivity contribution is -0.0493. The monoisotopic (exact) mass is 282 g/mol. The summed E-state index contributed by atoms with van der Waals surface area (Å²) in [6.45, 7) is 1.65. The predicted octanol–water partition coefficient (Wildman–Crippen LogP) is 4.42. The van der Waals surface area contributed by atoms with Crippen molar-refractivity contribution in [3.8, 4) is 11.8 Å². The van der Waals surface area contributed by atoms with Crippen LogP contribution in [0.5, 0.6) is 5.75 Å². The Morgan fingerprint density at radius 1 is 1.30 bits per heavy atom. The molecule has 0 atom stereocenters. The number of ether oxygens (including phenoxy) is 1. The minimum Gasteiger partial charge on any atom is -0.433 e. The third-order valence-electron chi connectivity index (χ3n) is 2.95. The number of halogens is 2. The molecular weight excluding hydrogens is 262 g/mol. The fourth-order valence-electron chi connectivity index (χ4n) is 1.78. The van der Waals surface area contributed by atoms with Gasteiger partial charge in [0, 0.05) is 6.54 Å². The van der Waals surface area contributed by atoms with Gasteiger partial charge < -0.3 is 10.1 Å². The van der Waals surface area contributed by atoms with Gasteiger partial charge in [-0.1, -0.05) is 18.6 Å². The summed E-state index contributed by atoms with van der Waals surface area (Å²) in [5, 5.41) is 12.0. The number of nitrogens with zero attached hydrogens (tertiary/aromatic N) is 1. The van der Waals surface area contributed by atoms with Crippen molar-refractivity contribution < 1.29 is 13.5 Å². The predicted molar refractivity (Wildman–Crippen MR) is 74.8 cm³/mol. The normalized spacial score (nSPS) is 11.2. The molecule has 0 aliphatic carbocycles. The van der Waals surface area contributed by atoms with E-state index in [0.29, 0.717) is 12.2 Å². The third-order valence-corrected chi connectivity index (χ3v) is 2.95. The molecule has 0 aliphatic rings. The molecule has 0 spiro atoms. The van der Waals surface area contributed by atoms with Gasteiger partial charge in [-0.2, -0.15) is 14.0 Å². The zero-order chi connectivity index (χ0) is 15.0. The van der Waals surface area contributed by atoms with E-state index in [9.17, 15) is 8.78 Å². The Labute approximate surface area is 118 Å². The smallest absolute Gasteiger partial charge is 0.387 e.